The lowest BCUT2D eigenvalue weighted by atomic mass is 9.70. The van der Waals surface area contributed by atoms with Crippen LogP contribution in [0.5, 0.6) is 0 Å². The molecule has 3 rings (SSSR count). The van der Waals surface area contributed by atoms with Crippen LogP contribution in [0.2, 0.25) is 5.02 Å². The van der Waals surface area contributed by atoms with Crippen LogP contribution in [-0.4, -0.2) is 0 Å². The molecule has 0 aliphatic rings. The highest BCUT2D eigenvalue weighted by Crippen LogP contribution is 2.39. The Balaban J connectivity index is 2.35. The molecular formula is C20H14ClNO. The molecule has 23 heavy (non-hydrogen) atoms. The van der Waals surface area contributed by atoms with Gasteiger partial charge in [0.05, 0.1) is 0 Å². The van der Waals surface area contributed by atoms with Crippen LogP contribution in [0.1, 0.15) is 16.7 Å². The van der Waals surface area contributed by atoms with E-state index in [1.807, 2.05) is 84.9 Å². The summed E-state index contributed by atoms with van der Waals surface area (Å²) >= 11 is 6.03. The van der Waals surface area contributed by atoms with Gasteiger partial charge in [0.2, 0.25) is 0 Å². The minimum Gasteiger partial charge on any atom is -0.498 e. The quantitative estimate of drug-likeness (QED) is 0.462. The number of nitrogens with zero attached hydrogens (tertiary/aromatic N) is 1. The Hall–Kier alpha value is -2.76. The third-order valence-electron chi connectivity index (χ3n) is 3.90. The lowest BCUT2D eigenvalue weighted by Gasteiger charge is -2.25. The van der Waals surface area contributed by atoms with E-state index in [4.69, 9.17) is 11.6 Å². The molecule has 0 saturated heterocycles. The molecule has 112 valence electrons. The molecule has 0 N–H and O–H groups in total. The monoisotopic (exact) mass is 319 g/mol. The molecule has 0 atom stereocenters. The van der Waals surface area contributed by atoms with Crippen LogP contribution < -0.4 is 0 Å². The Bertz CT molecular complexity index is 794. The summed E-state index contributed by atoms with van der Waals surface area (Å²) in [6, 6.07) is 29.7. The second-order valence-electron chi connectivity index (χ2n) is 5.19. The van der Waals surface area contributed by atoms with Gasteiger partial charge in [-0.3, -0.25) is 0 Å². The molecule has 0 aromatic heterocycles. The van der Waals surface area contributed by atoms with E-state index in [0.29, 0.717) is 5.02 Å². The highest BCUT2D eigenvalue weighted by Gasteiger charge is 2.40. The average molecular weight is 320 g/mol. The van der Waals surface area contributed by atoms with Crippen molar-refractivity contribution in [3.05, 3.63) is 117 Å². The summed E-state index contributed by atoms with van der Waals surface area (Å²) in [6.07, 6.45) is 0. The van der Waals surface area contributed by atoms with Crippen molar-refractivity contribution in [3.8, 4) is 6.07 Å². The zero-order valence-corrected chi connectivity index (χ0v) is 13.1. The van der Waals surface area contributed by atoms with Crippen molar-refractivity contribution in [1.29, 1.82) is 0 Å². The highest BCUT2D eigenvalue weighted by molar-refractivity contribution is 6.30. The molecule has 0 spiro atoms. The molecule has 0 radical (unpaired) electrons. The van der Waals surface area contributed by atoms with Gasteiger partial charge < -0.3 is 5.21 Å². The minimum atomic E-state index is -0.866. The predicted molar refractivity (Wildman–Crippen MR) is 94.8 cm³/mol. The van der Waals surface area contributed by atoms with Crippen LogP contribution in [0.3, 0.4) is 0 Å². The van der Waals surface area contributed by atoms with E-state index in [9.17, 15) is 5.21 Å². The summed E-state index contributed by atoms with van der Waals surface area (Å²) in [4.78, 5) is 0. The molecular weight excluding hydrogens is 306 g/mol. The first kappa shape index (κ1) is 15.1. The molecule has 3 aromatic rings. The average Bonchev–Trinajstić information content (AvgIpc) is 2.62. The third kappa shape index (κ3) is 2.79. The topological polar surface area (TPSA) is 27.4 Å². The van der Waals surface area contributed by atoms with E-state index in [0.717, 1.165) is 16.7 Å². The molecule has 2 nitrogen and oxygen atoms in total. The first-order chi connectivity index (χ1) is 11.3. The third-order valence-corrected chi connectivity index (χ3v) is 4.16. The fourth-order valence-corrected chi connectivity index (χ4v) is 2.96. The number of hydrogen-bond acceptors (Lipinski definition) is 1. The van der Waals surface area contributed by atoms with Crippen molar-refractivity contribution in [2.75, 3.05) is 0 Å². The van der Waals surface area contributed by atoms with Gasteiger partial charge in [0.15, 0.2) is 5.41 Å². The summed E-state index contributed by atoms with van der Waals surface area (Å²) < 4.78 is 0. The number of hydrogen-bond donors (Lipinski definition) is 0. The van der Waals surface area contributed by atoms with Gasteiger partial charge in [-0.25, -0.2) is 0 Å². The first-order valence-electron chi connectivity index (χ1n) is 7.24. The first-order valence-corrected chi connectivity index (χ1v) is 7.62. The maximum Gasteiger partial charge on any atom is 0.319 e. The molecule has 0 heterocycles. The fraction of sp³-hybridized carbons (Fsp3) is 0.0500. The zero-order valence-electron chi connectivity index (χ0n) is 12.3. The molecule has 3 aromatic carbocycles. The second kappa shape index (κ2) is 6.56. The van der Waals surface area contributed by atoms with Crippen LogP contribution in [0, 0.1) is 11.3 Å². The zero-order chi connectivity index (χ0) is 16.1. The van der Waals surface area contributed by atoms with Gasteiger partial charge in [0.25, 0.3) is 0 Å². The van der Waals surface area contributed by atoms with Gasteiger partial charge in [-0.15, -0.1) is 0 Å². The van der Waals surface area contributed by atoms with Gasteiger partial charge in [-0.2, -0.15) is 0 Å². The lowest BCUT2D eigenvalue weighted by molar-refractivity contribution is 0.808. The van der Waals surface area contributed by atoms with Crippen molar-refractivity contribution >= 4 is 11.6 Å². The van der Waals surface area contributed by atoms with E-state index in [2.05, 4.69) is 11.1 Å². The number of benzene rings is 3. The summed E-state index contributed by atoms with van der Waals surface area (Å²) in [5, 5.41) is 14.9. The predicted octanol–water partition coefficient (Wildman–Crippen LogP) is 5.51. The summed E-state index contributed by atoms with van der Waals surface area (Å²) in [5.74, 6) is 0. The Morgan fingerprint density at radius 3 is 1.57 bits per heavy atom. The molecule has 3 heteroatoms. The SMILES string of the molecule is [O-][N+]#CC(c1ccccc1)(c1ccccc1)c1ccc(Cl)cc1. The van der Waals surface area contributed by atoms with Crippen LogP contribution >= 0.6 is 11.6 Å². The van der Waals surface area contributed by atoms with Crippen molar-refractivity contribution < 1.29 is 0 Å². The maximum absolute atomic E-state index is 11.2. The van der Waals surface area contributed by atoms with Gasteiger partial charge in [0.1, 0.15) is 0 Å². The Morgan fingerprint density at radius 1 is 0.696 bits per heavy atom. The smallest absolute Gasteiger partial charge is 0.319 e. The van der Waals surface area contributed by atoms with Gasteiger partial charge in [-0.1, -0.05) is 84.4 Å². The molecule has 0 fully saturated rings. The maximum atomic E-state index is 11.2. The number of halogens is 1. The Morgan fingerprint density at radius 2 is 1.13 bits per heavy atom. The van der Waals surface area contributed by atoms with Gasteiger partial charge in [-0.05, 0) is 28.8 Å². The van der Waals surface area contributed by atoms with Crippen LogP contribution in [-0.2, 0) is 5.41 Å². The van der Waals surface area contributed by atoms with Crippen molar-refractivity contribution in [2.24, 2.45) is 0 Å². The Labute approximate surface area is 140 Å². The summed E-state index contributed by atoms with van der Waals surface area (Å²) in [6.45, 7) is 0. The molecule has 0 aliphatic carbocycles. The van der Waals surface area contributed by atoms with Crippen molar-refractivity contribution in [2.45, 2.75) is 5.41 Å². The van der Waals surface area contributed by atoms with E-state index >= 15 is 0 Å². The standard InChI is InChI=1S/C20H14ClNO/c21-19-13-11-18(12-14-19)20(15-22-23,16-7-3-1-4-8-16)17-9-5-2-6-10-17/h1-14H. The van der Waals surface area contributed by atoms with Gasteiger partial charge >= 0.3 is 6.07 Å². The van der Waals surface area contributed by atoms with Crippen LogP contribution in [0.15, 0.2) is 84.9 Å². The number of rotatable bonds is 3. The molecule has 0 aliphatic heterocycles. The van der Waals surface area contributed by atoms with Crippen molar-refractivity contribution in [3.63, 3.8) is 0 Å². The molecule has 0 amide bonds. The largest absolute Gasteiger partial charge is 0.498 e. The second-order valence-corrected chi connectivity index (χ2v) is 5.63. The Kier molecular flexibility index (Phi) is 4.32. The van der Waals surface area contributed by atoms with Crippen LogP contribution in [0.4, 0.5) is 0 Å². The fourth-order valence-electron chi connectivity index (χ4n) is 2.84. The lowest BCUT2D eigenvalue weighted by Crippen LogP contribution is -2.27. The van der Waals surface area contributed by atoms with Crippen LogP contribution in [0.25, 0.3) is 5.01 Å². The van der Waals surface area contributed by atoms with E-state index < -0.39 is 5.41 Å². The van der Waals surface area contributed by atoms with E-state index in [-0.39, 0.29) is 0 Å². The van der Waals surface area contributed by atoms with E-state index in [1.54, 1.807) is 0 Å². The normalized spacial score (nSPS) is 10.7. The summed E-state index contributed by atoms with van der Waals surface area (Å²) in [7, 11) is 0. The molecule has 0 unspecified atom stereocenters. The minimum absolute atomic E-state index is 0.642. The van der Waals surface area contributed by atoms with Crippen molar-refractivity contribution in [1.82, 2.24) is 0 Å². The molecule has 0 bridgehead atoms. The van der Waals surface area contributed by atoms with Gasteiger partial charge in [0, 0.05) is 10.0 Å². The van der Waals surface area contributed by atoms with E-state index in [1.165, 1.54) is 0 Å². The summed E-state index contributed by atoms with van der Waals surface area (Å²) in [5.41, 5.74) is 1.87. The highest BCUT2D eigenvalue weighted by atomic mass is 35.5. The molecule has 0 saturated carbocycles.